The largest absolute Gasteiger partial charge is 0.312 e. The van der Waals surface area contributed by atoms with Crippen LogP contribution in [0.25, 0.3) is 44.2 Å². The Morgan fingerprint density at radius 2 is 0.814 bits per heavy atom. The van der Waals surface area contributed by atoms with Gasteiger partial charge in [-0.05, 0) is 103 Å². The highest BCUT2D eigenvalue weighted by atomic mass is 15.1. The summed E-state index contributed by atoms with van der Waals surface area (Å²) < 4.78 is 0. The number of nitrogens with zero attached hydrogens (tertiary/aromatic N) is 1. The van der Waals surface area contributed by atoms with Gasteiger partial charge in [-0.25, -0.2) is 0 Å². The Labute approximate surface area is 352 Å². The topological polar surface area (TPSA) is 3.24 Å². The molecule has 1 aliphatic rings. The van der Waals surface area contributed by atoms with Gasteiger partial charge in [-0.3, -0.25) is 0 Å². The maximum Gasteiger partial charge on any atom is 0.115 e. The average Bonchev–Trinajstić information content (AvgIpc) is 3.59. The molecule has 0 saturated heterocycles. The van der Waals surface area contributed by atoms with Crippen LogP contribution < -0.4 is 32.2 Å². The first-order valence-electron chi connectivity index (χ1n) is 19.7. The fourth-order valence-electron chi connectivity index (χ4n) is 9.09. The summed E-state index contributed by atoms with van der Waals surface area (Å²) in [5.41, 5.74) is 13.9. The van der Waals surface area contributed by atoms with Crippen LogP contribution in [0, 0.1) is 0 Å². The zero-order valence-corrected chi connectivity index (χ0v) is 32.3. The highest BCUT2D eigenvalue weighted by Crippen LogP contribution is 2.58. The number of hydrogen-bond donors (Lipinski definition) is 0. The molecule has 0 aromatic heterocycles. The van der Waals surface area contributed by atoms with E-state index in [2.05, 4.69) is 181 Å². The summed E-state index contributed by atoms with van der Waals surface area (Å²) in [4.78, 5) is 2.05. The maximum absolute atomic E-state index is 6.89. The van der Waals surface area contributed by atoms with E-state index in [-0.39, 0.29) is 27.3 Å². The number of anilines is 3. The summed E-state index contributed by atoms with van der Waals surface area (Å²) in [6.45, 7) is 0. The molecular formula is C53H32B5N. The van der Waals surface area contributed by atoms with E-state index >= 15 is 0 Å². The molecule has 0 atom stereocenters. The Kier molecular flexibility index (Phi) is 9.10. The van der Waals surface area contributed by atoms with Crippen molar-refractivity contribution in [2.24, 2.45) is 0 Å². The van der Waals surface area contributed by atoms with Crippen molar-refractivity contribution in [3.05, 3.63) is 216 Å². The van der Waals surface area contributed by atoms with Gasteiger partial charge in [0.25, 0.3) is 0 Å². The molecule has 9 aromatic carbocycles. The van der Waals surface area contributed by atoms with Crippen LogP contribution in [0.5, 0.6) is 0 Å². The van der Waals surface area contributed by atoms with E-state index in [1.807, 2.05) is 18.2 Å². The minimum Gasteiger partial charge on any atom is -0.312 e. The van der Waals surface area contributed by atoms with E-state index in [0.717, 1.165) is 55.9 Å². The summed E-state index contributed by atoms with van der Waals surface area (Å²) in [6.07, 6.45) is 0. The third kappa shape index (κ3) is 5.92. The van der Waals surface area contributed by atoms with E-state index in [1.54, 1.807) is 0 Å². The summed E-state index contributed by atoms with van der Waals surface area (Å²) in [6, 6.07) is 68.9. The molecule has 9 aromatic rings. The van der Waals surface area contributed by atoms with Gasteiger partial charge in [0.15, 0.2) is 0 Å². The van der Waals surface area contributed by atoms with Gasteiger partial charge in [-0.1, -0.05) is 169 Å². The van der Waals surface area contributed by atoms with Crippen LogP contribution >= 0.6 is 0 Å². The molecule has 1 nitrogen and oxygen atoms in total. The monoisotopic (exact) mass is 737 g/mol. The van der Waals surface area contributed by atoms with Crippen molar-refractivity contribution in [2.75, 3.05) is 4.90 Å². The number of fused-ring (bicyclic) bond motifs is 4. The molecule has 0 aliphatic heterocycles. The molecule has 10 rings (SSSR count). The van der Waals surface area contributed by atoms with Gasteiger partial charge < -0.3 is 4.90 Å². The van der Waals surface area contributed by atoms with Crippen LogP contribution in [-0.2, 0) is 5.41 Å². The van der Waals surface area contributed by atoms with Crippen molar-refractivity contribution in [1.29, 1.82) is 0 Å². The average molecular weight is 737 g/mol. The summed E-state index contributed by atoms with van der Waals surface area (Å²) in [7, 11) is 33.3. The van der Waals surface area contributed by atoms with Crippen LogP contribution in [0.4, 0.5) is 17.1 Å². The van der Waals surface area contributed by atoms with Crippen LogP contribution in [0.3, 0.4) is 0 Å². The lowest BCUT2D eigenvalue weighted by molar-refractivity contribution is 0.768. The fourth-order valence-corrected chi connectivity index (χ4v) is 9.09. The van der Waals surface area contributed by atoms with Crippen LogP contribution in [0.1, 0.15) is 22.3 Å². The minimum absolute atomic E-state index is 0.168. The van der Waals surface area contributed by atoms with Crippen molar-refractivity contribution < 1.29 is 0 Å². The lowest BCUT2D eigenvalue weighted by Crippen LogP contribution is -2.56. The predicted octanol–water partition coefficient (Wildman–Crippen LogP) is 7.98. The molecule has 0 amide bonds. The second-order valence-corrected chi connectivity index (χ2v) is 15.2. The Morgan fingerprint density at radius 3 is 1.46 bits per heavy atom. The Balaban J connectivity index is 1.24. The Morgan fingerprint density at radius 1 is 0.322 bits per heavy atom. The first-order valence-corrected chi connectivity index (χ1v) is 19.7. The second-order valence-electron chi connectivity index (χ2n) is 15.2. The SMILES string of the molecule is [B]c1c([B])c([B])c(N(c2ccc(-c3ccccc3)cc2)c2ccc3c(c2)C(c2ccccc2)(c2ccccc2)c2ccc(-c4ccc5ccccc5c4)cc2-3)c([B])c1[B]. The van der Waals surface area contributed by atoms with Crippen molar-refractivity contribution in [1.82, 2.24) is 0 Å². The molecule has 264 valence electrons. The number of hydrogen-bond acceptors (Lipinski definition) is 1. The van der Waals surface area contributed by atoms with Crippen molar-refractivity contribution in [3.63, 3.8) is 0 Å². The Bertz CT molecular complexity index is 2970. The molecule has 0 fully saturated rings. The molecule has 0 bridgehead atoms. The first kappa shape index (κ1) is 36.7. The number of rotatable bonds is 7. The molecule has 0 heterocycles. The molecule has 10 radical (unpaired) electrons. The number of benzene rings is 9. The molecule has 0 saturated carbocycles. The van der Waals surface area contributed by atoms with Crippen LogP contribution in [-0.4, -0.2) is 39.2 Å². The lowest BCUT2D eigenvalue weighted by atomic mass is 9.61. The highest BCUT2D eigenvalue weighted by molar-refractivity contribution is 6.69. The Hall–Kier alpha value is -6.64. The molecule has 59 heavy (non-hydrogen) atoms. The normalized spacial score (nSPS) is 12.5. The van der Waals surface area contributed by atoms with E-state index in [9.17, 15) is 0 Å². The first-order chi connectivity index (χ1) is 28.8. The molecule has 6 heteroatoms. The van der Waals surface area contributed by atoms with Crippen LogP contribution in [0.2, 0.25) is 0 Å². The smallest absolute Gasteiger partial charge is 0.115 e. The minimum atomic E-state index is -0.676. The van der Waals surface area contributed by atoms with Crippen molar-refractivity contribution in [2.45, 2.75) is 5.41 Å². The zero-order valence-electron chi connectivity index (χ0n) is 32.3. The standard InChI is InChI=1S/C53H32B5N/c54-47-48(55)50(57)52(51(58)49(47)56)59(41-25-22-35(23-26-41)33-12-4-1-5-13-33)42-27-28-43-44-31-38(37-21-20-34-14-10-11-15-36(34)30-37)24-29-45(44)53(46(43)32-42,39-16-6-2-7-17-39)40-18-8-3-9-19-40/h1-32H. The summed E-state index contributed by atoms with van der Waals surface area (Å²) in [5, 5.41) is 2.42. The summed E-state index contributed by atoms with van der Waals surface area (Å²) >= 11 is 0. The maximum atomic E-state index is 6.89. The van der Waals surface area contributed by atoms with Gasteiger partial charge in [0.2, 0.25) is 0 Å². The lowest BCUT2D eigenvalue weighted by Gasteiger charge is -2.36. The van der Waals surface area contributed by atoms with Gasteiger partial charge >= 0.3 is 0 Å². The summed E-state index contributed by atoms with van der Waals surface area (Å²) in [5.74, 6) is 0. The molecule has 0 N–H and O–H groups in total. The van der Waals surface area contributed by atoms with Crippen LogP contribution in [0.15, 0.2) is 194 Å². The fraction of sp³-hybridized carbons (Fsp3) is 0.0189. The van der Waals surface area contributed by atoms with E-state index < -0.39 is 5.41 Å². The molecule has 0 unspecified atom stereocenters. The quantitative estimate of drug-likeness (QED) is 0.150. The van der Waals surface area contributed by atoms with Gasteiger partial charge in [0.05, 0.1) is 5.41 Å². The highest BCUT2D eigenvalue weighted by Gasteiger charge is 2.46. The molecule has 0 spiro atoms. The van der Waals surface area contributed by atoms with E-state index in [4.69, 9.17) is 39.2 Å². The van der Waals surface area contributed by atoms with Crippen molar-refractivity contribution >= 4 is 94.4 Å². The third-order valence-corrected chi connectivity index (χ3v) is 12.0. The second kappa shape index (κ2) is 14.6. The van der Waals surface area contributed by atoms with Gasteiger partial charge in [0.1, 0.15) is 39.2 Å². The molecular weight excluding hydrogens is 705 g/mol. The van der Waals surface area contributed by atoms with Gasteiger partial charge in [0, 0.05) is 17.1 Å². The van der Waals surface area contributed by atoms with Gasteiger partial charge in [-0.15, -0.1) is 16.4 Å². The third-order valence-electron chi connectivity index (χ3n) is 12.0. The zero-order chi connectivity index (χ0) is 40.3. The predicted molar refractivity (Wildman–Crippen MR) is 254 cm³/mol. The van der Waals surface area contributed by atoms with E-state index in [0.29, 0.717) is 5.69 Å². The molecule has 1 aliphatic carbocycles. The van der Waals surface area contributed by atoms with E-state index in [1.165, 1.54) is 21.9 Å². The van der Waals surface area contributed by atoms with Gasteiger partial charge in [-0.2, -0.15) is 0 Å². The van der Waals surface area contributed by atoms with Crippen molar-refractivity contribution in [3.8, 4) is 33.4 Å².